The number of carbonyl (C=O) groups excluding carboxylic acids is 2. The van der Waals surface area contributed by atoms with Crippen LogP contribution in [0.3, 0.4) is 0 Å². The number of methoxy groups -OCH3 is 2. The van der Waals surface area contributed by atoms with E-state index in [0.29, 0.717) is 51.1 Å². The number of hydrogen-bond acceptors (Lipinski definition) is 7. The van der Waals surface area contributed by atoms with Crippen molar-refractivity contribution in [2.75, 3.05) is 25.7 Å². The Hall–Kier alpha value is -4.43. The summed E-state index contributed by atoms with van der Waals surface area (Å²) in [5.41, 5.74) is 1.26. The van der Waals surface area contributed by atoms with Crippen molar-refractivity contribution in [2.24, 2.45) is 0 Å². The summed E-state index contributed by atoms with van der Waals surface area (Å²) in [6.07, 6.45) is 0.814. The normalized spacial score (nSPS) is 15.2. The van der Waals surface area contributed by atoms with E-state index in [9.17, 15) is 14.7 Å². The van der Waals surface area contributed by atoms with Crippen LogP contribution in [0.25, 0.3) is 11.0 Å². The van der Waals surface area contributed by atoms with Crippen LogP contribution >= 0.6 is 11.6 Å². The van der Waals surface area contributed by atoms with E-state index in [2.05, 4.69) is 0 Å². The largest absolute Gasteiger partial charge is 0.503 e. The van der Waals surface area contributed by atoms with Gasteiger partial charge in [0.1, 0.15) is 11.5 Å². The molecule has 1 aliphatic rings. The zero-order valence-corrected chi connectivity index (χ0v) is 22.3. The molecule has 0 saturated heterocycles. The van der Waals surface area contributed by atoms with Gasteiger partial charge < -0.3 is 23.7 Å². The predicted molar refractivity (Wildman–Crippen MR) is 147 cm³/mol. The monoisotopic (exact) mass is 547 g/mol. The predicted octanol–water partition coefficient (Wildman–Crippen LogP) is 6.68. The van der Waals surface area contributed by atoms with Gasteiger partial charge in [0, 0.05) is 22.2 Å². The SMILES string of the molecule is CCCOc1cccc(C2C(C(=O)c3cc4cc(Cl)cc(OC)c4o3)=C(O)C(=O)N2c2ccc(OC)cc2)c1. The van der Waals surface area contributed by atoms with Gasteiger partial charge in [-0.25, -0.2) is 0 Å². The van der Waals surface area contributed by atoms with Crippen LogP contribution in [-0.2, 0) is 4.79 Å². The summed E-state index contributed by atoms with van der Waals surface area (Å²) in [7, 11) is 3.01. The Morgan fingerprint density at radius 2 is 1.79 bits per heavy atom. The van der Waals surface area contributed by atoms with Gasteiger partial charge >= 0.3 is 0 Å². The number of carbonyl (C=O) groups is 2. The van der Waals surface area contributed by atoms with Crippen molar-refractivity contribution in [3.63, 3.8) is 0 Å². The van der Waals surface area contributed by atoms with Gasteiger partial charge in [-0.1, -0.05) is 30.7 Å². The van der Waals surface area contributed by atoms with Crippen LogP contribution in [0.1, 0.15) is 35.5 Å². The molecule has 200 valence electrons. The smallest absolute Gasteiger partial charge is 0.294 e. The molecule has 0 fully saturated rings. The average Bonchev–Trinajstić information content (AvgIpc) is 3.50. The fraction of sp³-hybridized carbons (Fsp3) is 0.200. The molecule has 0 spiro atoms. The Morgan fingerprint density at radius 1 is 1.03 bits per heavy atom. The topological polar surface area (TPSA) is 98.4 Å². The summed E-state index contributed by atoms with van der Waals surface area (Å²) in [5.74, 6) is -0.556. The number of hydrogen-bond donors (Lipinski definition) is 1. The molecule has 1 unspecified atom stereocenters. The number of aliphatic hydroxyl groups is 1. The van der Waals surface area contributed by atoms with Gasteiger partial charge in [-0.2, -0.15) is 0 Å². The number of furan rings is 1. The van der Waals surface area contributed by atoms with Crippen molar-refractivity contribution in [2.45, 2.75) is 19.4 Å². The van der Waals surface area contributed by atoms with Gasteiger partial charge in [0.2, 0.25) is 5.78 Å². The molecule has 0 bridgehead atoms. The van der Waals surface area contributed by atoms with Crippen molar-refractivity contribution < 1.29 is 33.3 Å². The molecule has 2 heterocycles. The molecule has 39 heavy (non-hydrogen) atoms. The number of aliphatic hydroxyl groups excluding tert-OH is 1. The third-order valence-corrected chi connectivity index (χ3v) is 6.66. The van der Waals surface area contributed by atoms with Gasteiger partial charge in [0.05, 0.1) is 32.4 Å². The number of fused-ring (bicyclic) bond motifs is 1. The maximum Gasteiger partial charge on any atom is 0.294 e. The lowest BCUT2D eigenvalue weighted by molar-refractivity contribution is -0.117. The first-order valence-electron chi connectivity index (χ1n) is 12.3. The average molecular weight is 548 g/mol. The standard InChI is InChI=1S/C30H26ClNO7/c1-4-12-38-22-7-5-6-17(14-22)26-25(28(34)30(35)32(26)20-8-10-21(36-2)11-9-20)27(33)23-15-18-13-19(31)16-24(37-3)29(18)39-23/h5-11,13-16,26,34H,4,12H2,1-3H3. The van der Waals surface area contributed by atoms with Crippen LogP contribution in [0.5, 0.6) is 17.2 Å². The first-order valence-corrected chi connectivity index (χ1v) is 12.7. The number of nitrogens with zero attached hydrogens (tertiary/aromatic N) is 1. The summed E-state index contributed by atoms with van der Waals surface area (Å²) in [5, 5.41) is 12.1. The molecule has 0 radical (unpaired) electrons. The van der Waals surface area contributed by atoms with Crippen molar-refractivity contribution >= 4 is 39.9 Å². The number of rotatable bonds is 9. The molecule has 3 aromatic carbocycles. The van der Waals surface area contributed by atoms with E-state index >= 15 is 0 Å². The number of amides is 1. The number of benzene rings is 3. The Bertz CT molecular complexity index is 1590. The zero-order valence-electron chi connectivity index (χ0n) is 21.6. The van der Waals surface area contributed by atoms with Gasteiger partial charge in [-0.05, 0) is 60.5 Å². The molecule has 4 aromatic rings. The summed E-state index contributed by atoms with van der Waals surface area (Å²) >= 11 is 6.20. The number of halogens is 1. The minimum absolute atomic E-state index is 0.0696. The van der Waals surface area contributed by atoms with Gasteiger partial charge in [-0.15, -0.1) is 0 Å². The third-order valence-electron chi connectivity index (χ3n) is 6.44. The summed E-state index contributed by atoms with van der Waals surface area (Å²) in [6.45, 7) is 2.50. The van der Waals surface area contributed by atoms with Crippen molar-refractivity contribution in [1.29, 1.82) is 0 Å². The highest BCUT2D eigenvalue weighted by molar-refractivity contribution is 6.31. The minimum atomic E-state index is -0.956. The van der Waals surface area contributed by atoms with Crippen LogP contribution in [0.4, 0.5) is 5.69 Å². The van der Waals surface area contributed by atoms with E-state index < -0.39 is 23.5 Å². The van der Waals surface area contributed by atoms with Crippen LogP contribution in [0.2, 0.25) is 5.02 Å². The number of ketones is 1. The highest BCUT2D eigenvalue weighted by Crippen LogP contribution is 2.44. The molecule has 1 aliphatic heterocycles. The molecule has 1 amide bonds. The highest BCUT2D eigenvalue weighted by atomic mass is 35.5. The summed E-state index contributed by atoms with van der Waals surface area (Å²) in [4.78, 5) is 28.8. The van der Waals surface area contributed by atoms with E-state index in [-0.39, 0.29) is 11.3 Å². The fourth-order valence-corrected chi connectivity index (χ4v) is 4.85. The molecule has 5 rings (SSSR count). The molecule has 0 saturated carbocycles. The number of ether oxygens (including phenoxy) is 3. The molecule has 1 atom stereocenters. The van der Waals surface area contributed by atoms with E-state index in [4.69, 9.17) is 30.2 Å². The number of anilines is 1. The second-order valence-corrected chi connectivity index (χ2v) is 9.36. The quantitative estimate of drug-likeness (QED) is 0.233. The van der Waals surface area contributed by atoms with Gasteiger partial charge in [0.15, 0.2) is 22.9 Å². The molecule has 1 aromatic heterocycles. The highest BCUT2D eigenvalue weighted by Gasteiger charge is 2.45. The molecule has 0 aliphatic carbocycles. The van der Waals surface area contributed by atoms with Crippen molar-refractivity contribution in [1.82, 2.24) is 0 Å². The van der Waals surface area contributed by atoms with E-state index in [0.717, 1.165) is 6.42 Å². The van der Waals surface area contributed by atoms with E-state index in [1.807, 2.05) is 6.92 Å². The number of Topliss-reactive ketones (excluding diaryl/α,β-unsaturated/α-hetero) is 1. The lowest BCUT2D eigenvalue weighted by Crippen LogP contribution is -2.31. The maximum absolute atomic E-state index is 14.0. The second-order valence-electron chi connectivity index (χ2n) is 8.93. The molecular weight excluding hydrogens is 522 g/mol. The Kier molecular flexibility index (Phi) is 7.21. The van der Waals surface area contributed by atoms with Crippen molar-refractivity contribution in [3.8, 4) is 17.2 Å². The molecule has 9 heteroatoms. The third kappa shape index (κ3) is 4.79. The Balaban J connectivity index is 1.64. The van der Waals surface area contributed by atoms with E-state index in [1.165, 1.54) is 18.1 Å². The summed E-state index contributed by atoms with van der Waals surface area (Å²) in [6, 6.07) is 17.7. The molecule has 1 N–H and O–H groups in total. The van der Waals surface area contributed by atoms with Crippen LogP contribution in [0, 0.1) is 0 Å². The Labute approximate surface area is 229 Å². The zero-order chi connectivity index (χ0) is 27.7. The second kappa shape index (κ2) is 10.7. The Morgan fingerprint density at radius 3 is 2.49 bits per heavy atom. The maximum atomic E-state index is 14.0. The van der Waals surface area contributed by atoms with Crippen LogP contribution < -0.4 is 19.1 Å². The van der Waals surface area contributed by atoms with Crippen molar-refractivity contribution in [3.05, 3.63) is 94.4 Å². The van der Waals surface area contributed by atoms with E-state index in [1.54, 1.807) is 67.8 Å². The molecule has 8 nitrogen and oxygen atoms in total. The lowest BCUT2D eigenvalue weighted by atomic mass is 9.94. The molecular formula is C30H26ClNO7. The first-order chi connectivity index (χ1) is 18.9. The van der Waals surface area contributed by atoms with Crippen LogP contribution in [0.15, 0.2) is 82.5 Å². The van der Waals surface area contributed by atoms with Crippen LogP contribution in [-0.4, -0.2) is 37.6 Å². The lowest BCUT2D eigenvalue weighted by Gasteiger charge is -2.27. The fourth-order valence-electron chi connectivity index (χ4n) is 4.64. The van der Waals surface area contributed by atoms with Gasteiger partial charge in [-0.3, -0.25) is 14.5 Å². The minimum Gasteiger partial charge on any atom is -0.503 e. The first kappa shape index (κ1) is 26.2. The van der Waals surface area contributed by atoms with Gasteiger partial charge in [0.25, 0.3) is 5.91 Å². The summed E-state index contributed by atoms with van der Waals surface area (Å²) < 4.78 is 22.3.